The highest BCUT2D eigenvalue weighted by atomic mass is 16.6. The molecule has 0 saturated carbocycles. The number of non-ortho nitro benzene ring substituents is 1. The number of aromatic nitrogens is 2. The van der Waals surface area contributed by atoms with E-state index in [-0.39, 0.29) is 17.2 Å². The Hall–Kier alpha value is -4.01. The van der Waals surface area contributed by atoms with Gasteiger partial charge in [0, 0.05) is 35.5 Å². The number of carbonyl (C=O) groups is 2. The lowest BCUT2D eigenvalue weighted by Crippen LogP contribution is -2.15. The maximum absolute atomic E-state index is 12.8. The van der Waals surface area contributed by atoms with Crippen LogP contribution in [-0.2, 0) is 6.54 Å². The highest BCUT2D eigenvalue weighted by Gasteiger charge is 2.16. The Labute approximate surface area is 185 Å². The van der Waals surface area contributed by atoms with Gasteiger partial charge < -0.3 is 10.6 Å². The number of anilines is 2. The van der Waals surface area contributed by atoms with Crippen LogP contribution in [0.15, 0.2) is 48.5 Å². The molecular formula is C23H25N5O4. The molecule has 2 N–H and O–H groups in total. The first-order valence-corrected chi connectivity index (χ1v) is 10.3. The Balaban J connectivity index is 1.72. The molecule has 3 aromatic rings. The molecule has 9 nitrogen and oxygen atoms in total. The first kappa shape index (κ1) is 22.7. The topological polar surface area (TPSA) is 119 Å². The third-order valence-electron chi connectivity index (χ3n) is 5.07. The second-order valence-corrected chi connectivity index (χ2v) is 7.42. The van der Waals surface area contributed by atoms with E-state index >= 15 is 0 Å². The Morgan fingerprint density at radius 3 is 2.38 bits per heavy atom. The summed E-state index contributed by atoms with van der Waals surface area (Å²) < 4.78 is 1.90. The average molecular weight is 435 g/mol. The fraction of sp³-hybridized carbons (Fsp3) is 0.261. The third kappa shape index (κ3) is 5.18. The van der Waals surface area contributed by atoms with Crippen molar-refractivity contribution in [1.29, 1.82) is 0 Å². The predicted molar refractivity (Wildman–Crippen MR) is 122 cm³/mol. The lowest BCUT2D eigenvalue weighted by molar-refractivity contribution is -0.384. The molecule has 1 heterocycles. The minimum Gasteiger partial charge on any atom is -0.322 e. The number of nitrogens with zero attached hydrogens (tertiary/aromatic N) is 3. The minimum absolute atomic E-state index is 0.0937. The molecule has 166 valence electrons. The lowest BCUT2D eigenvalue weighted by atomic mass is 10.1. The zero-order valence-corrected chi connectivity index (χ0v) is 18.2. The molecule has 9 heteroatoms. The monoisotopic (exact) mass is 435 g/mol. The molecule has 3 rings (SSSR count). The van der Waals surface area contributed by atoms with Gasteiger partial charge >= 0.3 is 0 Å². The fourth-order valence-corrected chi connectivity index (χ4v) is 3.27. The van der Waals surface area contributed by atoms with Crippen molar-refractivity contribution in [3.8, 4) is 0 Å². The molecule has 0 aliphatic rings. The van der Waals surface area contributed by atoms with Crippen molar-refractivity contribution in [2.24, 2.45) is 0 Å². The van der Waals surface area contributed by atoms with Gasteiger partial charge in [-0.15, -0.1) is 0 Å². The summed E-state index contributed by atoms with van der Waals surface area (Å²) in [6.07, 6.45) is 2.06. The highest BCUT2D eigenvalue weighted by molar-refractivity contribution is 6.07. The average Bonchev–Trinajstić information content (AvgIpc) is 3.05. The summed E-state index contributed by atoms with van der Waals surface area (Å²) >= 11 is 0. The standard InChI is InChI=1S/C23H25N5O4/c1-4-5-13-27-16(3)21(15(2)26-27)25-23(30)18-7-6-8-19(14-18)24-22(29)17-9-11-20(12-10-17)28(31)32/h6-12,14H,4-5,13H2,1-3H3,(H,24,29)(H,25,30). The number of amides is 2. The van der Waals surface area contributed by atoms with Crippen LogP contribution in [0.4, 0.5) is 17.1 Å². The first-order valence-electron chi connectivity index (χ1n) is 10.3. The van der Waals surface area contributed by atoms with Crippen LogP contribution < -0.4 is 10.6 Å². The van der Waals surface area contributed by atoms with Gasteiger partial charge in [0.25, 0.3) is 17.5 Å². The quantitative estimate of drug-likeness (QED) is 0.392. The van der Waals surface area contributed by atoms with Crippen LogP contribution in [-0.4, -0.2) is 26.5 Å². The van der Waals surface area contributed by atoms with Gasteiger partial charge in [0.2, 0.25) is 0 Å². The van der Waals surface area contributed by atoms with Gasteiger partial charge in [-0.2, -0.15) is 5.10 Å². The number of hydrogen-bond acceptors (Lipinski definition) is 5. The summed E-state index contributed by atoms with van der Waals surface area (Å²) in [7, 11) is 0. The van der Waals surface area contributed by atoms with E-state index in [0.717, 1.165) is 30.8 Å². The maximum atomic E-state index is 12.8. The number of rotatable bonds is 8. The molecule has 0 aliphatic carbocycles. The molecule has 0 unspecified atom stereocenters. The van der Waals surface area contributed by atoms with Crippen LogP contribution in [0.5, 0.6) is 0 Å². The van der Waals surface area contributed by atoms with Gasteiger partial charge in [-0.3, -0.25) is 24.4 Å². The smallest absolute Gasteiger partial charge is 0.269 e. The fourth-order valence-electron chi connectivity index (χ4n) is 3.27. The van der Waals surface area contributed by atoms with Gasteiger partial charge in [0.05, 0.1) is 22.0 Å². The van der Waals surface area contributed by atoms with Crippen molar-refractivity contribution in [3.05, 3.63) is 81.2 Å². The van der Waals surface area contributed by atoms with E-state index in [1.165, 1.54) is 24.3 Å². The van der Waals surface area contributed by atoms with E-state index in [1.54, 1.807) is 24.3 Å². The molecule has 0 saturated heterocycles. The number of nitro groups is 1. The molecule has 32 heavy (non-hydrogen) atoms. The second-order valence-electron chi connectivity index (χ2n) is 7.42. The Bertz CT molecular complexity index is 1150. The van der Waals surface area contributed by atoms with E-state index in [9.17, 15) is 19.7 Å². The predicted octanol–water partition coefficient (Wildman–Crippen LogP) is 4.71. The van der Waals surface area contributed by atoms with Crippen molar-refractivity contribution in [3.63, 3.8) is 0 Å². The molecular weight excluding hydrogens is 410 g/mol. The normalized spacial score (nSPS) is 10.6. The Kier molecular flexibility index (Phi) is 6.99. The largest absolute Gasteiger partial charge is 0.322 e. The van der Waals surface area contributed by atoms with Gasteiger partial charge in [0.15, 0.2) is 0 Å². The SMILES string of the molecule is CCCCn1nc(C)c(NC(=O)c2cccc(NC(=O)c3ccc([N+](=O)[O-])cc3)c2)c1C. The van der Waals surface area contributed by atoms with Crippen molar-refractivity contribution in [2.75, 3.05) is 10.6 Å². The molecule has 0 bridgehead atoms. The van der Waals surface area contributed by atoms with Crippen LogP contribution in [0.2, 0.25) is 0 Å². The lowest BCUT2D eigenvalue weighted by Gasteiger charge is -2.09. The van der Waals surface area contributed by atoms with Crippen molar-refractivity contribution in [1.82, 2.24) is 9.78 Å². The molecule has 1 aromatic heterocycles. The molecule has 0 spiro atoms. The second kappa shape index (κ2) is 9.86. The van der Waals surface area contributed by atoms with Crippen molar-refractivity contribution in [2.45, 2.75) is 40.2 Å². The van der Waals surface area contributed by atoms with E-state index in [1.807, 2.05) is 18.5 Å². The minimum atomic E-state index is -0.527. The van der Waals surface area contributed by atoms with Gasteiger partial charge in [-0.1, -0.05) is 19.4 Å². The molecule has 0 aliphatic heterocycles. The Morgan fingerprint density at radius 1 is 1.03 bits per heavy atom. The van der Waals surface area contributed by atoms with Gasteiger partial charge in [-0.25, -0.2) is 0 Å². The molecule has 2 amide bonds. The summed E-state index contributed by atoms with van der Waals surface area (Å²) in [4.78, 5) is 35.5. The first-order chi connectivity index (χ1) is 15.3. The van der Waals surface area contributed by atoms with Crippen LogP contribution in [0.25, 0.3) is 0 Å². The van der Waals surface area contributed by atoms with Crippen LogP contribution >= 0.6 is 0 Å². The number of nitrogens with one attached hydrogen (secondary N) is 2. The summed E-state index contributed by atoms with van der Waals surface area (Å²) in [5, 5.41) is 20.9. The summed E-state index contributed by atoms with van der Waals surface area (Å²) in [6.45, 7) is 6.68. The number of hydrogen-bond donors (Lipinski definition) is 2. The zero-order chi connectivity index (χ0) is 23.3. The molecule has 0 fully saturated rings. The number of carbonyl (C=O) groups excluding carboxylic acids is 2. The van der Waals surface area contributed by atoms with Gasteiger partial charge in [-0.05, 0) is 50.6 Å². The number of aryl methyl sites for hydroxylation is 2. The Morgan fingerprint density at radius 2 is 1.72 bits per heavy atom. The third-order valence-corrected chi connectivity index (χ3v) is 5.07. The molecule has 0 radical (unpaired) electrons. The van der Waals surface area contributed by atoms with E-state index in [2.05, 4.69) is 22.7 Å². The maximum Gasteiger partial charge on any atom is 0.269 e. The van der Waals surface area contributed by atoms with Crippen LogP contribution in [0.3, 0.4) is 0 Å². The molecule has 2 aromatic carbocycles. The summed E-state index contributed by atoms with van der Waals surface area (Å²) in [5.74, 6) is -0.737. The van der Waals surface area contributed by atoms with Gasteiger partial charge in [0.1, 0.15) is 0 Å². The van der Waals surface area contributed by atoms with E-state index in [4.69, 9.17) is 0 Å². The van der Waals surface area contributed by atoms with E-state index in [0.29, 0.717) is 16.9 Å². The summed E-state index contributed by atoms with van der Waals surface area (Å²) in [5.41, 5.74) is 3.33. The molecule has 0 atom stereocenters. The zero-order valence-electron chi connectivity index (χ0n) is 18.2. The number of benzene rings is 2. The van der Waals surface area contributed by atoms with Crippen LogP contribution in [0.1, 0.15) is 51.9 Å². The number of unbranched alkanes of at least 4 members (excludes halogenated alkanes) is 1. The van der Waals surface area contributed by atoms with Crippen molar-refractivity contribution < 1.29 is 14.5 Å². The van der Waals surface area contributed by atoms with Crippen molar-refractivity contribution >= 4 is 28.9 Å². The van der Waals surface area contributed by atoms with Crippen LogP contribution in [0, 0.1) is 24.0 Å². The van der Waals surface area contributed by atoms with E-state index < -0.39 is 10.8 Å². The number of nitro benzene ring substituents is 1. The summed E-state index contributed by atoms with van der Waals surface area (Å²) in [6, 6.07) is 11.9. The highest BCUT2D eigenvalue weighted by Crippen LogP contribution is 2.22.